The first-order valence-electron chi connectivity index (χ1n) is 6.49. The molecule has 1 heterocycles. The second kappa shape index (κ2) is 6.89. The van der Waals surface area contributed by atoms with Crippen molar-refractivity contribution in [1.82, 2.24) is 5.48 Å². The van der Waals surface area contributed by atoms with Crippen LogP contribution in [0.2, 0.25) is 0 Å². The standard InChI is InChI=1S/C13H15NO9/c15-7-8(16)10(12(19)20)23-13(9(7)17)22-6-4-2-1-3-5(6)11(18)14-21/h1-4,7-10,13,15-17,21H,(H,14,18)(H,19,20)/t7-,8-,9+,10-,13+/m0/s1. The van der Waals surface area contributed by atoms with Crippen molar-refractivity contribution in [2.24, 2.45) is 0 Å². The predicted molar refractivity (Wildman–Crippen MR) is 70.6 cm³/mol. The Morgan fingerprint density at radius 1 is 1.09 bits per heavy atom. The number of carboxylic acid groups (broad SMARTS) is 1. The van der Waals surface area contributed by atoms with Crippen LogP contribution in [0, 0.1) is 0 Å². The summed E-state index contributed by atoms with van der Waals surface area (Å²) in [5.74, 6) is -2.59. The highest BCUT2D eigenvalue weighted by molar-refractivity contribution is 5.96. The minimum Gasteiger partial charge on any atom is -0.479 e. The summed E-state index contributed by atoms with van der Waals surface area (Å²) < 4.78 is 10.2. The van der Waals surface area contributed by atoms with E-state index in [1.54, 1.807) is 0 Å². The van der Waals surface area contributed by atoms with Gasteiger partial charge in [0.2, 0.25) is 6.29 Å². The van der Waals surface area contributed by atoms with Crippen molar-refractivity contribution in [3.63, 3.8) is 0 Å². The lowest BCUT2D eigenvalue weighted by molar-refractivity contribution is -0.271. The molecule has 1 aromatic rings. The molecule has 2 rings (SSSR count). The zero-order chi connectivity index (χ0) is 17.1. The second-order valence-electron chi connectivity index (χ2n) is 4.79. The zero-order valence-corrected chi connectivity index (χ0v) is 11.6. The van der Waals surface area contributed by atoms with Crippen LogP contribution >= 0.6 is 0 Å². The molecule has 0 spiro atoms. The highest BCUT2D eigenvalue weighted by atomic mass is 16.7. The zero-order valence-electron chi connectivity index (χ0n) is 11.6. The molecule has 0 saturated carbocycles. The Morgan fingerprint density at radius 2 is 1.74 bits per heavy atom. The fourth-order valence-electron chi connectivity index (χ4n) is 2.09. The maximum absolute atomic E-state index is 11.5. The molecule has 0 unspecified atom stereocenters. The molecule has 0 aromatic heterocycles. The Labute approximate surface area is 129 Å². The summed E-state index contributed by atoms with van der Waals surface area (Å²) in [6.45, 7) is 0. The van der Waals surface area contributed by atoms with Crippen LogP contribution in [0.15, 0.2) is 24.3 Å². The summed E-state index contributed by atoms with van der Waals surface area (Å²) in [6, 6.07) is 5.58. The van der Waals surface area contributed by atoms with Crippen LogP contribution in [-0.2, 0) is 9.53 Å². The lowest BCUT2D eigenvalue weighted by Gasteiger charge is -2.38. The smallest absolute Gasteiger partial charge is 0.335 e. The number of rotatable bonds is 4. The van der Waals surface area contributed by atoms with Gasteiger partial charge in [-0.25, -0.2) is 10.3 Å². The molecule has 1 aliphatic rings. The third-order valence-electron chi connectivity index (χ3n) is 3.29. The Balaban J connectivity index is 2.25. The first-order chi connectivity index (χ1) is 10.9. The number of hydrogen-bond donors (Lipinski definition) is 6. The molecule has 1 aromatic carbocycles. The third kappa shape index (κ3) is 3.41. The maximum Gasteiger partial charge on any atom is 0.335 e. The number of hydroxylamine groups is 1. The van der Waals surface area contributed by atoms with Crippen molar-refractivity contribution < 1.29 is 44.7 Å². The molecular formula is C13H15NO9. The van der Waals surface area contributed by atoms with Crippen LogP contribution in [0.25, 0.3) is 0 Å². The van der Waals surface area contributed by atoms with Crippen LogP contribution < -0.4 is 10.2 Å². The number of para-hydroxylation sites is 1. The molecule has 5 atom stereocenters. The average molecular weight is 329 g/mol. The Morgan fingerprint density at radius 3 is 2.35 bits per heavy atom. The van der Waals surface area contributed by atoms with Gasteiger partial charge >= 0.3 is 5.97 Å². The first kappa shape index (κ1) is 17.1. The van der Waals surface area contributed by atoms with Gasteiger partial charge in [0.1, 0.15) is 24.1 Å². The maximum atomic E-state index is 11.5. The number of nitrogens with one attached hydrogen (secondary N) is 1. The topological polar surface area (TPSA) is 166 Å². The highest BCUT2D eigenvalue weighted by Gasteiger charge is 2.48. The fraction of sp³-hybridized carbons (Fsp3) is 0.385. The average Bonchev–Trinajstić information content (AvgIpc) is 2.54. The molecule has 23 heavy (non-hydrogen) atoms. The van der Waals surface area contributed by atoms with Gasteiger partial charge in [-0.2, -0.15) is 0 Å². The quantitative estimate of drug-likeness (QED) is 0.272. The minimum absolute atomic E-state index is 0.113. The molecule has 6 N–H and O–H groups in total. The van der Waals surface area contributed by atoms with E-state index in [1.807, 2.05) is 0 Å². The highest BCUT2D eigenvalue weighted by Crippen LogP contribution is 2.26. The SMILES string of the molecule is O=C(NO)c1ccccc1O[C@@H]1O[C@H](C(=O)O)[C@@H](O)[C@H](O)[C@H]1O. The summed E-state index contributed by atoms with van der Waals surface area (Å²) in [4.78, 5) is 22.5. The van der Waals surface area contributed by atoms with Gasteiger partial charge in [0.25, 0.3) is 5.91 Å². The van der Waals surface area contributed by atoms with E-state index in [1.165, 1.54) is 29.7 Å². The van der Waals surface area contributed by atoms with E-state index in [0.717, 1.165) is 0 Å². The summed E-state index contributed by atoms with van der Waals surface area (Å²) in [5.41, 5.74) is 1.29. The van der Waals surface area contributed by atoms with E-state index in [-0.39, 0.29) is 11.3 Å². The number of ether oxygens (including phenoxy) is 2. The summed E-state index contributed by atoms with van der Waals surface area (Å²) in [7, 11) is 0. The second-order valence-corrected chi connectivity index (χ2v) is 4.79. The summed E-state index contributed by atoms with van der Waals surface area (Å²) in [6.07, 6.45) is -8.91. The molecule has 0 aliphatic carbocycles. The number of hydrogen-bond acceptors (Lipinski definition) is 8. The van der Waals surface area contributed by atoms with Crippen LogP contribution in [0.5, 0.6) is 5.75 Å². The lowest BCUT2D eigenvalue weighted by atomic mass is 9.99. The molecule has 126 valence electrons. The van der Waals surface area contributed by atoms with Crippen molar-refractivity contribution in [3.05, 3.63) is 29.8 Å². The summed E-state index contributed by atoms with van der Waals surface area (Å²) in [5, 5.41) is 46.7. The van der Waals surface area contributed by atoms with Crippen molar-refractivity contribution in [3.8, 4) is 5.75 Å². The lowest BCUT2D eigenvalue weighted by Crippen LogP contribution is -2.61. The molecule has 1 amide bonds. The Kier molecular flexibility index (Phi) is 5.13. The fourth-order valence-corrected chi connectivity index (χ4v) is 2.09. The Bertz CT molecular complexity index is 593. The normalized spacial score (nSPS) is 30.5. The van der Waals surface area contributed by atoms with Crippen LogP contribution in [0.1, 0.15) is 10.4 Å². The van der Waals surface area contributed by atoms with Gasteiger partial charge in [0.05, 0.1) is 5.56 Å². The molecular weight excluding hydrogens is 314 g/mol. The van der Waals surface area contributed by atoms with Gasteiger partial charge in [-0.15, -0.1) is 0 Å². The van der Waals surface area contributed by atoms with E-state index in [4.69, 9.17) is 19.8 Å². The first-order valence-corrected chi connectivity index (χ1v) is 6.49. The molecule has 10 nitrogen and oxygen atoms in total. The van der Waals surface area contributed by atoms with Crippen molar-refractivity contribution in [1.29, 1.82) is 0 Å². The van der Waals surface area contributed by atoms with E-state index < -0.39 is 42.6 Å². The minimum atomic E-state index is -1.85. The van der Waals surface area contributed by atoms with Gasteiger partial charge in [0.15, 0.2) is 6.10 Å². The van der Waals surface area contributed by atoms with E-state index in [2.05, 4.69) is 0 Å². The third-order valence-corrected chi connectivity index (χ3v) is 3.29. The number of carbonyl (C=O) groups is 2. The summed E-state index contributed by atoms with van der Waals surface area (Å²) >= 11 is 0. The van der Waals surface area contributed by atoms with Gasteiger partial charge in [-0.1, -0.05) is 12.1 Å². The monoisotopic (exact) mass is 329 g/mol. The van der Waals surface area contributed by atoms with E-state index >= 15 is 0 Å². The predicted octanol–water partition coefficient (Wildman–Crippen LogP) is -1.92. The number of carboxylic acids is 1. The number of aliphatic hydroxyl groups is 3. The number of carbonyl (C=O) groups excluding carboxylic acids is 1. The van der Waals surface area contributed by atoms with Crippen molar-refractivity contribution >= 4 is 11.9 Å². The number of benzene rings is 1. The molecule has 10 heteroatoms. The number of aliphatic carboxylic acids is 1. The van der Waals surface area contributed by atoms with Crippen LogP contribution in [0.4, 0.5) is 0 Å². The molecule has 1 fully saturated rings. The molecule has 0 bridgehead atoms. The molecule has 1 saturated heterocycles. The largest absolute Gasteiger partial charge is 0.479 e. The van der Waals surface area contributed by atoms with E-state index in [0.29, 0.717) is 0 Å². The van der Waals surface area contributed by atoms with Crippen molar-refractivity contribution in [2.45, 2.75) is 30.7 Å². The van der Waals surface area contributed by atoms with Crippen molar-refractivity contribution in [2.75, 3.05) is 0 Å². The van der Waals surface area contributed by atoms with Gasteiger partial charge in [0, 0.05) is 0 Å². The van der Waals surface area contributed by atoms with Crippen LogP contribution in [0.3, 0.4) is 0 Å². The van der Waals surface area contributed by atoms with Gasteiger partial charge in [-0.3, -0.25) is 10.0 Å². The molecule has 0 radical (unpaired) electrons. The van der Waals surface area contributed by atoms with E-state index in [9.17, 15) is 24.9 Å². The number of amides is 1. The van der Waals surface area contributed by atoms with Gasteiger partial charge < -0.3 is 29.9 Å². The Hall–Kier alpha value is -2.24. The van der Waals surface area contributed by atoms with Gasteiger partial charge in [-0.05, 0) is 12.1 Å². The molecule has 1 aliphatic heterocycles. The van der Waals surface area contributed by atoms with Crippen LogP contribution in [-0.4, -0.2) is 68.2 Å². The number of aliphatic hydroxyl groups excluding tert-OH is 3.